The lowest BCUT2D eigenvalue weighted by atomic mass is 10.2. The van der Waals surface area contributed by atoms with Gasteiger partial charge in [-0.15, -0.1) is 0 Å². The fourth-order valence-corrected chi connectivity index (χ4v) is 2.84. The van der Waals surface area contributed by atoms with E-state index in [1.807, 2.05) is 0 Å². The number of nitrogens with zero attached hydrogens (tertiary/aromatic N) is 1. The topological polar surface area (TPSA) is 93.3 Å². The van der Waals surface area contributed by atoms with Gasteiger partial charge in [-0.3, -0.25) is 4.79 Å². The summed E-state index contributed by atoms with van der Waals surface area (Å²) in [7, 11) is 0. The molecule has 23 heavy (non-hydrogen) atoms. The van der Waals surface area contributed by atoms with Gasteiger partial charge < -0.3 is 19.8 Å². The Morgan fingerprint density at radius 2 is 2.09 bits per heavy atom. The summed E-state index contributed by atoms with van der Waals surface area (Å²) in [5.74, 6) is 1.26. The van der Waals surface area contributed by atoms with Crippen molar-refractivity contribution in [3.8, 4) is 11.5 Å². The number of benzene rings is 1. The average Bonchev–Trinajstić information content (AvgIpc) is 2.52. The predicted molar refractivity (Wildman–Crippen MR) is 86.4 cm³/mol. The number of fused-ring (bicyclic) bond motifs is 1. The van der Waals surface area contributed by atoms with E-state index in [4.69, 9.17) is 9.47 Å². The molecule has 0 saturated carbocycles. The third-order valence-electron chi connectivity index (χ3n) is 3.03. The minimum Gasteiger partial charge on any atom is -0.486 e. The fraction of sp³-hybridized carbons (Fsp3) is 0.267. The number of aromatic amines is 1. The molecule has 2 heterocycles. The normalized spacial score (nSPS) is 12.7. The number of amides is 1. The first kappa shape index (κ1) is 15.4. The Hall–Kier alpha value is -2.48. The molecular formula is C15H15N3O4S. The van der Waals surface area contributed by atoms with E-state index >= 15 is 0 Å². The average molecular weight is 333 g/mol. The predicted octanol–water partition coefficient (Wildman–Crippen LogP) is 1.58. The Labute approximate surface area is 136 Å². The standard InChI is InChI=1S/C15H15N3O4S/c1-9-6-14(18-15(20)16-9)23-8-13(19)17-10-2-3-11-12(7-10)22-5-4-21-11/h2-3,6-7H,4-5,8H2,1H3,(H,17,19)(H,16,18,20). The number of aromatic nitrogens is 2. The molecule has 2 N–H and O–H groups in total. The molecule has 1 aliphatic rings. The number of nitrogens with one attached hydrogen (secondary N) is 2. The number of thioether (sulfide) groups is 1. The van der Waals surface area contributed by atoms with Crippen molar-refractivity contribution in [1.29, 1.82) is 0 Å². The highest BCUT2D eigenvalue weighted by Gasteiger charge is 2.13. The molecular weight excluding hydrogens is 318 g/mol. The van der Waals surface area contributed by atoms with E-state index in [-0.39, 0.29) is 11.7 Å². The molecule has 3 rings (SSSR count). The molecule has 1 amide bonds. The molecule has 1 aromatic heterocycles. The van der Waals surface area contributed by atoms with Gasteiger partial charge in [0.1, 0.15) is 18.2 Å². The van der Waals surface area contributed by atoms with Gasteiger partial charge in [-0.05, 0) is 25.1 Å². The van der Waals surface area contributed by atoms with Gasteiger partial charge in [0, 0.05) is 17.4 Å². The summed E-state index contributed by atoms with van der Waals surface area (Å²) in [4.78, 5) is 29.6. The molecule has 0 atom stereocenters. The van der Waals surface area contributed by atoms with Crippen LogP contribution in [0.3, 0.4) is 0 Å². The van der Waals surface area contributed by atoms with Crippen molar-refractivity contribution in [2.75, 3.05) is 24.3 Å². The number of hydrogen-bond acceptors (Lipinski definition) is 6. The summed E-state index contributed by atoms with van der Waals surface area (Å²) in [5.41, 5.74) is 0.925. The van der Waals surface area contributed by atoms with E-state index in [1.165, 1.54) is 11.8 Å². The van der Waals surface area contributed by atoms with Crippen molar-refractivity contribution in [2.24, 2.45) is 0 Å². The third kappa shape index (κ3) is 4.04. The van der Waals surface area contributed by atoms with Crippen LogP contribution in [0.25, 0.3) is 0 Å². The molecule has 8 heteroatoms. The Morgan fingerprint density at radius 3 is 2.87 bits per heavy atom. The summed E-state index contributed by atoms with van der Waals surface area (Å²) in [6.45, 7) is 2.79. The molecule has 0 bridgehead atoms. The lowest BCUT2D eigenvalue weighted by Crippen LogP contribution is -2.17. The summed E-state index contributed by atoms with van der Waals surface area (Å²) in [5, 5.41) is 3.30. The van der Waals surface area contributed by atoms with Gasteiger partial charge >= 0.3 is 5.69 Å². The number of carbonyl (C=O) groups excluding carboxylic acids is 1. The zero-order chi connectivity index (χ0) is 16.2. The minimum atomic E-state index is -0.417. The second-order valence-electron chi connectivity index (χ2n) is 4.90. The van der Waals surface area contributed by atoms with Gasteiger partial charge in [-0.25, -0.2) is 4.79 Å². The van der Waals surface area contributed by atoms with Crippen molar-refractivity contribution in [3.05, 3.63) is 40.4 Å². The summed E-state index contributed by atoms with van der Waals surface area (Å²) in [6.07, 6.45) is 0. The molecule has 0 spiro atoms. The lowest BCUT2D eigenvalue weighted by molar-refractivity contribution is -0.113. The van der Waals surface area contributed by atoms with Gasteiger partial charge in [0.2, 0.25) is 5.91 Å². The number of anilines is 1. The molecule has 0 unspecified atom stereocenters. The van der Waals surface area contributed by atoms with Crippen LogP contribution in [0.15, 0.2) is 34.1 Å². The van der Waals surface area contributed by atoms with Crippen LogP contribution in [0, 0.1) is 6.92 Å². The molecule has 0 aliphatic carbocycles. The SMILES string of the molecule is Cc1cc(SCC(=O)Nc2ccc3c(c2)OCCO3)nc(=O)[nH]1. The molecule has 1 aliphatic heterocycles. The van der Waals surface area contributed by atoms with Crippen LogP contribution in [-0.2, 0) is 4.79 Å². The Bertz CT molecular complexity index is 791. The van der Waals surface area contributed by atoms with Crippen molar-refractivity contribution in [2.45, 2.75) is 11.9 Å². The van der Waals surface area contributed by atoms with Crippen LogP contribution in [0.2, 0.25) is 0 Å². The second-order valence-corrected chi connectivity index (χ2v) is 5.90. The van der Waals surface area contributed by atoms with Crippen molar-refractivity contribution >= 4 is 23.4 Å². The van der Waals surface area contributed by atoms with E-state index in [9.17, 15) is 9.59 Å². The number of hydrogen-bond donors (Lipinski definition) is 2. The summed E-state index contributed by atoms with van der Waals surface area (Å²) >= 11 is 1.21. The Kier molecular flexibility index (Phi) is 4.52. The highest BCUT2D eigenvalue weighted by atomic mass is 32.2. The van der Waals surface area contributed by atoms with E-state index < -0.39 is 5.69 Å². The minimum absolute atomic E-state index is 0.157. The highest BCUT2D eigenvalue weighted by molar-refractivity contribution is 7.99. The Morgan fingerprint density at radius 1 is 1.30 bits per heavy atom. The van der Waals surface area contributed by atoms with Crippen molar-refractivity contribution in [3.63, 3.8) is 0 Å². The van der Waals surface area contributed by atoms with E-state index in [1.54, 1.807) is 31.2 Å². The Balaban J connectivity index is 1.60. The van der Waals surface area contributed by atoms with Crippen LogP contribution in [0.4, 0.5) is 5.69 Å². The van der Waals surface area contributed by atoms with Crippen LogP contribution in [-0.4, -0.2) is 34.8 Å². The molecule has 0 fully saturated rings. The smallest absolute Gasteiger partial charge is 0.346 e. The maximum atomic E-state index is 12.0. The number of rotatable bonds is 4. The second kappa shape index (κ2) is 6.74. The monoisotopic (exact) mass is 333 g/mol. The molecule has 1 aromatic carbocycles. The largest absolute Gasteiger partial charge is 0.486 e. The maximum Gasteiger partial charge on any atom is 0.346 e. The maximum absolute atomic E-state index is 12.0. The summed E-state index contributed by atoms with van der Waals surface area (Å²) < 4.78 is 10.9. The number of carbonyl (C=O) groups is 1. The van der Waals surface area contributed by atoms with Crippen LogP contribution >= 0.6 is 11.8 Å². The van der Waals surface area contributed by atoms with Crippen LogP contribution in [0.1, 0.15) is 5.69 Å². The molecule has 0 saturated heterocycles. The van der Waals surface area contributed by atoms with E-state index in [0.717, 1.165) is 0 Å². The number of aryl methyl sites for hydroxylation is 1. The van der Waals surface area contributed by atoms with E-state index in [0.29, 0.717) is 41.1 Å². The van der Waals surface area contributed by atoms with Crippen LogP contribution < -0.4 is 20.5 Å². The lowest BCUT2D eigenvalue weighted by Gasteiger charge is -2.18. The van der Waals surface area contributed by atoms with Crippen molar-refractivity contribution < 1.29 is 14.3 Å². The first-order valence-electron chi connectivity index (χ1n) is 7.00. The quantitative estimate of drug-likeness (QED) is 0.652. The van der Waals surface area contributed by atoms with Gasteiger partial charge in [0.25, 0.3) is 0 Å². The number of H-pyrrole nitrogens is 1. The van der Waals surface area contributed by atoms with Gasteiger partial charge in [-0.2, -0.15) is 4.98 Å². The zero-order valence-electron chi connectivity index (χ0n) is 12.4. The zero-order valence-corrected chi connectivity index (χ0v) is 13.2. The molecule has 2 aromatic rings. The van der Waals surface area contributed by atoms with Gasteiger partial charge in [0.15, 0.2) is 11.5 Å². The van der Waals surface area contributed by atoms with Gasteiger partial charge in [0.05, 0.1) is 5.75 Å². The fourth-order valence-electron chi connectivity index (χ4n) is 2.08. The highest BCUT2D eigenvalue weighted by Crippen LogP contribution is 2.32. The van der Waals surface area contributed by atoms with Crippen LogP contribution in [0.5, 0.6) is 11.5 Å². The van der Waals surface area contributed by atoms with Crippen molar-refractivity contribution in [1.82, 2.24) is 9.97 Å². The summed E-state index contributed by atoms with van der Waals surface area (Å²) in [6, 6.07) is 6.97. The first-order chi connectivity index (χ1) is 11.1. The van der Waals surface area contributed by atoms with E-state index in [2.05, 4.69) is 15.3 Å². The molecule has 120 valence electrons. The number of ether oxygens (including phenoxy) is 2. The third-order valence-corrected chi connectivity index (χ3v) is 3.94. The van der Waals surface area contributed by atoms with Gasteiger partial charge in [-0.1, -0.05) is 11.8 Å². The molecule has 0 radical (unpaired) electrons. The molecule has 7 nitrogen and oxygen atoms in total. The first-order valence-corrected chi connectivity index (χ1v) is 7.99.